The van der Waals surface area contributed by atoms with E-state index in [9.17, 15) is 4.79 Å². The highest BCUT2D eigenvalue weighted by Crippen LogP contribution is 2.18. The third-order valence-electron chi connectivity index (χ3n) is 4.34. The quantitative estimate of drug-likeness (QED) is 0.767. The standard InChI is InChI=1S/C18H19N5O2/c24-18(11-14-13-5-1-2-6-15(13)25-22-14)20-12-16-19-8-7-17(21-16)23-9-3-4-10-23/h1-2,5-8H,3-4,9-12H2,(H,20,24). The fraction of sp³-hybridized carbons (Fsp3) is 0.333. The van der Waals surface area contributed by atoms with Crippen molar-refractivity contribution in [1.29, 1.82) is 0 Å². The number of hydrogen-bond acceptors (Lipinski definition) is 6. The number of carbonyl (C=O) groups excluding carboxylic acids is 1. The molecule has 4 rings (SSSR count). The fourth-order valence-electron chi connectivity index (χ4n) is 3.05. The fourth-order valence-corrected chi connectivity index (χ4v) is 3.05. The summed E-state index contributed by atoms with van der Waals surface area (Å²) < 4.78 is 5.23. The van der Waals surface area contributed by atoms with Gasteiger partial charge in [-0.25, -0.2) is 9.97 Å². The molecule has 1 amide bonds. The normalized spacial score (nSPS) is 14.2. The average Bonchev–Trinajstić information content (AvgIpc) is 3.31. The summed E-state index contributed by atoms with van der Waals surface area (Å²) in [6.45, 7) is 2.36. The molecule has 25 heavy (non-hydrogen) atoms. The maximum atomic E-state index is 12.2. The van der Waals surface area contributed by atoms with Gasteiger partial charge in [-0.1, -0.05) is 17.3 Å². The Balaban J connectivity index is 1.38. The summed E-state index contributed by atoms with van der Waals surface area (Å²) in [5, 5.41) is 7.70. The molecule has 3 aromatic rings. The van der Waals surface area contributed by atoms with Crippen molar-refractivity contribution in [2.45, 2.75) is 25.8 Å². The van der Waals surface area contributed by atoms with E-state index in [0.717, 1.165) is 24.3 Å². The van der Waals surface area contributed by atoms with Crippen LogP contribution in [0.2, 0.25) is 0 Å². The Morgan fingerprint density at radius 2 is 2.04 bits per heavy atom. The highest BCUT2D eigenvalue weighted by Gasteiger charge is 2.15. The van der Waals surface area contributed by atoms with Gasteiger partial charge in [0, 0.05) is 24.7 Å². The summed E-state index contributed by atoms with van der Waals surface area (Å²) in [4.78, 5) is 23.2. The zero-order valence-corrected chi connectivity index (χ0v) is 13.8. The van der Waals surface area contributed by atoms with Crippen molar-refractivity contribution >= 4 is 22.7 Å². The molecule has 0 bridgehead atoms. The second-order valence-electron chi connectivity index (χ2n) is 6.10. The van der Waals surface area contributed by atoms with Gasteiger partial charge in [-0.3, -0.25) is 4.79 Å². The Morgan fingerprint density at radius 1 is 1.20 bits per heavy atom. The van der Waals surface area contributed by atoms with Crippen LogP contribution in [0.5, 0.6) is 0 Å². The molecule has 0 radical (unpaired) electrons. The van der Waals surface area contributed by atoms with Gasteiger partial charge >= 0.3 is 0 Å². The molecule has 1 aliphatic rings. The first-order valence-corrected chi connectivity index (χ1v) is 8.46. The number of nitrogens with zero attached hydrogens (tertiary/aromatic N) is 4. The Labute approximate surface area is 145 Å². The number of anilines is 1. The number of nitrogens with one attached hydrogen (secondary N) is 1. The molecule has 1 saturated heterocycles. The zero-order valence-electron chi connectivity index (χ0n) is 13.8. The predicted octanol–water partition coefficient (Wildman–Crippen LogP) is 2.08. The summed E-state index contributed by atoms with van der Waals surface area (Å²) in [6.07, 6.45) is 4.31. The van der Waals surface area contributed by atoms with Crippen LogP contribution < -0.4 is 10.2 Å². The van der Waals surface area contributed by atoms with E-state index >= 15 is 0 Å². The van der Waals surface area contributed by atoms with Gasteiger partial charge in [-0.15, -0.1) is 0 Å². The lowest BCUT2D eigenvalue weighted by atomic mass is 10.1. The van der Waals surface area contributed by atoms with Crippen LogP contribution in [0.4, 0.5) is 5.82 Å². The highest BCUT2D eigenvalue weighted by atomic mass is 16.5. The summed E-state index contributed by atoms with van der Waals surface area (Å²) in [5.41, 5.74) is 1.33. The maximum Gasteiger partial charge on any atom is 0.226 e. The summed E-state index contributed by atoms with van der Waals surface area (Å²) >= 11 is 0. The van der Waals surface area contributed by atoms with Gasteiger partial charge in [0.25, 0.3) is 0 Å². The molecule has 7 heteroatoms. The van der Waals surface area contributed by atoms with Gasteiger partial charge in [0.15, 0.2) is 5.58 Å². The number of aromatic nitrogens is 3. The molecular weight excluding hydrogens is 318 g/mol. The largest absolute Gasteiger partial charge is 0.357 e. The van der Waals surface area contributed by atoms with Crippen LogP contribution >= 0.6 is 0 Å². The van der Waals surface area contributed by atoms with E-state index in [2.05, 4.69) is 25.3 Å². The molecule has 128 valence electrons. The molecule has 0 atom stereocenters. The van der Waals surface area contributed by atoms with E-state index in [1.165, 1.54) is 12.8 Å². The first-order valence-electron chi connectivity index (χ1n) is 8.46. The minimum absolute atomic E-state index is 0.130. The molecule has 1 fully saturated rings. The van der Waals surface area contributed by atoms with Crippen LogP contribution in [0, 0.1) is 0 Å². The Hall–Kier alpha value is -2.96. The summed E-state index contributed by atoms with van der Waals surface area (Å²) in [5.74, 6) is 1.41. The Bertz CT molecular complexity index is 886. The lowest BCUT2D eigenvalue weighted by Gasteiger charge is -2.16. The van der Waals surface area contributed by atoms with E-state index in [4.69, 9.17) is 4.52 Å². The summed E-state index contributed by atoms with van der Waals surface area (Å²) in [7, 11) is 0. The summed E-state index contributed by atoms with van der Waals surface area (Å²) in [6, 6.07) is 9.43. The maximum absolute atomic E-state index is 12.2. The van der Waals surface area contributed by atoms with Crippen molar-refractivity contribution in [2.75, 3.05) is 18.0 Å². The smallest absolute Gasteiger partial charge is 0.226 e. The minimum atomic E-state index is -0.130. The third-order valence-corrected chi connectivity index (χ3v) is 4.34. The molecule has 0 aliphatic carbocycles. The van der Waals surface area contributed by atoms with E-state index in [0.29, 0.717) is 23.6 Å². The monoisotopic (exact) mass is 337 g/mol. The van der Waals surface area contributed by atoms with Gasteiger partial charge < -0.3 is 14.7 Å². The second kappa shape index (κ2) is 6.88. The van der Waals surface area contributed by atoms with E-state index in [1.54, 1.807) is 6.20 Å². The van der Waals surface area contributed by atoms with Gasteiger partial charge in [-0.05, 0) is 31.0 Å². The molecule has 1 N–H and O–H groups in total. The van der Waals surface area contributed by atoms with Crippen molar-refractivity contribution in [3.8, 4) is 0 Å². The number of carbonyl (C=O) groups is 1. The molecule has 2 aromatic heterocycles. The van der Waals surface area contributed by atoms with Gasteiger partial charge in [0.05, 0.1) is 13.0 Å². The Morgan fingerprint density at radius 3 is 2.92 bits per heavy atom. The van der Waals surface area contributed by atoms with Crippen molar-refractivity contribution in [2.24, 2.45) is 0 Å². The zero-order chi connectivity index (χ0) is 17.1. The van der Waals surface area contributed by atoms with Gasteiger partial charge in [0.2, 0.25) is 5.91 Å². The molecule has 0 unspecified atom stereocenters. The van der Waals surface area contributed by atoms with Crippen LogP contribution in [0.15, 0.2) is 41.1 Å². The Kier molecular flexibility index (Phi) is 4.28. The number of amides is 1. The number of fused-ring (bicyclic) bond motifs is 1. The number of hydrogen-bond donors (Lipinski definition) is 1. The van der Waals surface area contributed by atoms with Crippen molar-refractivity contribution in [3.63, 3.8) is 0 Å². The topological polar surface area (TPSA) is 84.2 Å². The van der Waals surface area contributed by atoms with Crippen LogP contribution in [-0.2, 0) is 17.8 Å². The van der Waals surface area contributed by atoms with Gasteiger partial charge in [-0.2, -0.15) is 0 Å². The molecule has 0 saturated carbocycles. The molecule has 0 spiro atoms. The van der Waals surface area contributed by atoms with E-state index in [-0.39, 0.29) is 12.3 Å². The molecule has 3 heterocycles. The SMILES string of the molecule is O=C(Cc1noc2ccccc12)NCc1nccc(N2CCCC2)n1. The lowest BCUT2D eigenvalue weighted by Crippen LogP contribution is -2.26. The highest BCUT2D eigenvalue weighted by molar-refractivity contribution is 5.86. The number of para-hydroxylation sites is 1. The first-order chi connectivity index (χ1) is 12.3. The van der Waals surface area contributed by atoms with Crippen LogP contribution in [0.1, 0.15) is 24.4 Å². The predicted molar refractivity (Wildman–Crippen MR) is 93.0 cm³/mol. The average molecular weight is 337 g/mol. The van der Waals surface area contributed by atoms with Crippen molar-refractivity contribution < 1.29 is 9.32 Å². The van der Waals surface area contributed by atoms with Crippen LogP contribution in [-0.4, -0.2) is 34.1 Å². The van der Waals surface area contributed by atoms with E-state index in [1.807, 2.05) is 30.3 Å². The van der Waals surface area contributed by atoms with Crippen LogP contribution in [0.25, 0.3) is 11.0 Å². The van der Waals surface area contributed by atoms with Crippen molar-refractivity contribution in [3.05, 3.63) is 48.0 Å². The number of rotatable bonds is 5. The van der Waals surface area contributed by atoms with Crippen LogP contribution in [0.3, 0.4) is 0 Å². The van der Waals surface area contributed by atoms with Crippen molar-refractivity contribution in [1.82, 2.24) is 20.4 Å². The molecule has 1 aliphatic heterocycles. The van der Waals surface area contributed by atoms with E-state index < -0.39 is 0 Å². The molecule has 1 aromatic carbocycles. The lowest BCUT2D eigenvalue weighted by molar-refractivity contribution is -0.120. The molecule has 7 nitrogen and oxygen atoms in total. The minimum Gasteiger partial charge on any atom is -0.357 e. The second-order valence-corrected chi connectivity index (χ2v) is 6.10. The molecular formula is C18H19N5O2. The number of benzene rings is 1. The van der Waals surface area contributed by atoms with Gasteiger partial charge in [0.1, 0.15) is 17.3 Å². The first kappa shape index (κ1) is 15.6. The third kappa shape index (κ3) is 3.45.